The SMILES string of the molecule is CCCCC(CCCC)O[Si](C)(C)C. The number of rotatable bonds is 8. The lowest BCUT2D eigenvalue weighted by Crippen LogP contribution is -2.32. The van der Waals surface area contributed by atoms with Crippen molar-refractivity contribution < 1.29 is 4.43 Å². The van der Waals surface area contributed by atoms with Gasteiger partial charge in [-0.05, 0) is 32.5 Å². The Bertz CT molecular complexity index is 121. The van der Waals surface area contributed by atoms with Gasteiger partial charge in [-0.3, -0.25) is 0 Å². The summed E-state index contributed by atoms with van der Waals surface area (Å²) in [5.41, 5.74) is 0. The van der Waals surface area contributed by atoms with Gasteiger partial charge < -0.3 is 4.43 Å². The summed E-state index contributed by atoms with van der Waals surface area (Å²) in [4.78, 5) is 0. The van der Waals surface area contributed by atoms with Crippen molar-refractivity contribution in [1.29, 1.82) is 0 Å². The van der Waals surface area contributed by atoms with Crippen LogP contribution in [0.3, 0.4) is 0 Å². The Kier molecular flexibility index (Phi) is 7.56. The highest BCUT2D eigenvalue weighted by Gasteiger charge is 2.20. The molecule has 0 unspecified atom stereocenters. The highest BCUT2D eigenvalue weighted by Crippen LogP contribution is 2.17. The summed E-state index contributed by atoms with van der Waals surface area (Å²) in [5.74, 6) is 0. The van der Waals surface area contributed by atoms with Gasteiger partial charge in [0.2, 0.25) is 0 Å². The zero-order valence-corrected chi connectivity index (χ0v) is 11.7. The number of unbranched alkanes of at least 4 members (excludes halogenated alkanes) is 2. The summed E-state index contributed by atoms with van der Waals surface area (Å²) in [6, 6.07) is 0. The highest BCUT2D eigenvalue weighted by molar-refractivity contribution is 6.69. The summed E-state index contributed by atoms with van der Waals surface area (Å²) in [5, 5.41) is 0. The maximum absolute atomic E-state index is 6.18. The zero-order chi connectivity index (χ0) is 11.0. The second-order valence-corrected chi connectivity index (χ2v) is 9.60. The van der Waals surface area contributed by atoms with Gasteiger partial charge in [0.15, 0.2) is 8.32 Å². The maximum Gasteiger partial charge on any atom is 0.184 e. The van der Waals surface area contributed by atoms with Crippen molar-refractivity contribution in [3.8, 4) is 0 Å². The van der Waals surface area contributed by atoms with E-state index in [2.05, 4.69) is 33.5 Å². The second kappa shape index (κ2) is 7.47. The number of hydrogen-bond acceptors (Lipinski definition) is 1. The molecule has 0 saturated heterocycles. The van der Waals surface area contributed by atoms with Crippen LogP contribution in [0.2, 0.25) is 19.6 Å². The average molecular weight is 216 g/mol. The fourth-order valence-electron chi connectivity index (χ4n) is 1.63. The van der Waals surface area contributed by atoms with Gasteiger partial charge in [-0.2, -0.15) is 0 Å². The predicted molar refractivity (Wildman–Crippen MR) is 67.3 cm³/mol. The molecule has 86 valence electrons. The molecule has 0 fully saturated rings. The smallest absolute Gasteiger partial charge is 0.184 e. The van der Waals surface area contributed by atoms with Crippen LogP contribution in [0.15, 0.2) is 0 Å². The van der Waals surface area contributed by atoms with E-state index < -0.39 is 8.32 Å². The van der Waals surface area contributed by atoms with Crippen molar-refractivity contribution in [2.45, 2.75) is 78.1 Å². The fraction of sp³-hybridized carbons (Fsp3) is 1.00. The Hall–Kier alpha value is 0.177. The molecular formula is C12H28OSi. The molecule has 0 aliphatic carbocycles. The van der Waals surface area contributed by atoms with Crippen molar-refractivity contribution >= 4 is 8.32 Å². The third-order valence-corrected chi connectivity index (χ3v) is 3.32. The van der Waals surface area contributed by atoms with Crippen molar-refractivity contribution in [2.75, 3.05) is 0 Å². The minimum Gasteiger partial charge on any atom is -0.415 e. The third-order valence-electron chi connectivity index (χ3n) is 2.28. The van der Waals surface area contributed by atoms with Crippen LogP contribution >= 0.6 is 0 Å². The first-order chi connectivity index (χ1) is 6.49. The van der Waals surface area contributed by atoms with E-state index >= 15 is 0 Å². The Labute approximate surface area is 91.4 Å². The fourth-order valence-corrected chi connectivity index (χ4v) is 2.86. The van der Waals surface area contributed by atoms with Gasteiger partial charge in [-0.25, -0.2) is 0 Å². The molecule has 0 saturated carbocycles. The van der Waals surface area contributed by atoms with Crippen molar-refractivity contribution in [3.63, 3.8) is 0 Å². The molecule has 0 atom stereocenters. The summed E-state index contributed by atoms with van der Waals surface area (Å²) < 4.78 is 6.18. The van der Waals surface area contributed by atoms with Crippen LogP contribution in [0.4, 0.5) is 0 Å². The Morgan fingerprint density at radius 2 is 1.36 bits per heavy atom. The van der Waals surface area contributed by atoms with Gasteiger partial charge >= 0.3 is 0 Å². The normalized spacial score (nSPS) is 12.4. The lowest BCUT2D eigenvalue weighted by atomic mass is 10.1. The minimum absolute atomic E-state index is 0.543. The second-order valence-electron chi connectivity index (χ2n) is 5.14. The number of hydrogen-bond donors (Lipinski definition) is 0. The lowest BCUT2D eigenvalue weighted by molar-refractivity contribution is 0.167. The van der Waals surface area contributed by atoms with E-state index in [0.717, 1.165) is 0 Å². The Morgan fingerprint density at radius 3 is 1.64 bits per heavy atom. The van der Waals surface area contributed by atoms with Crippen LogP contribution in [0, 0.1) is 0 Å². The molecule has 1 nitrogen and oxygen atoms in total. The topological polar surface area (TPSA) is 9.23 Å². The first-order valence-corrected chi connectivity index (χ1v) is 9.58. The van der Waals surface area contributed by atoms with E-state index in [0.29, 0.717) is 6.10 Å². The van der Waals surface area contributed by atoms with Crippen LogP contribution < -0.4 is 0 Å². The van der Waals surface area contributed by atoms with E-state index in [-0.39, 0.29) is 0 Å². The standard InChI is InChI=1S/C12H28OSi/c1-6-8-10-12(11-9-7-2)13-14(3,4)5/h12H,6-11H2,1-5H3. The molecule has 0 N–H and O–H groups in total. The molecule has 0 aromatic carbocycles. The van der Waals surface area contributed by atoms with E-state index in [9.17, 15) is 0 Å². The van der Waals surface area contributed by atoms with Gasteiger partial charge in [0.25, 0.3) is 0 Å². The van der Waals surface area contributed by atoms with Crippen molar-refractivity contribution in [2.24, 2.45) is 0 Å². The first kappa shape index (κ1) is 14.2. The molecule has 0 aromatic rings. The quantitative estimate of drug-likeness (QED) is 0.539. The Morgan fingerprint density at radius 1 is 0.929 bits per heavy atom. The summed E-state index contributed by atoms with van der Waals surface area (Å²) in [6.45, 7) is 11.4. The lowest BCUT2D eigenvalue weighted by Gasteiger charge is -2.26. The molecule has 0 amide bonds. The van der Waals surface area contributed by atoms with E-state index in [1.54, 1.807) is 0 Å². The highest BCUT2D eigenvalue weighted by atomic mass is 28.4. The molecule has 0 radical (unpaired) electrons. The molecule has 0 aromatic heterocycles. The van der Waals surface area contributed by atoms with Gasteiger partial charge in [0.05, 0.1) is 0 Å². The summed E-state index contributed by atoms with van der Waals surface area (Å²) >= 11 is 0. The molecule has 0 aliphatic rings. The Balaban J connectivity index is 3.84. The minimum atomic E-state index is -1.32. The van der Waals surface area contributed by atoms with Crippen LogP contribution in [-0.2, 0) is 4.43 Å². The maximum atomic E-state index is 6.18. The van der Waals surface area contributed by atoms with Gasteiger partial charge in [0.1, 0.15) is 0 Å². The molecular weight excluding hydrogens is 188 g/mol. The molecule has 14 heavy (non-hydrogen) atoms. The van der Waals surface area contributed by atoms with E-state index in [1.165, 1.54) is 38.5 Å². The molecule has 0 aliphatic heterocycles. The average Bonchev–Trinajstić information content (AvgIpc) is 2.07. The molecule has 0 heterocycles. The van der Waals surface area contributed by atoms with Crippen molar-refractivity contribution in [3.05, 3.63) is 0 Å². The van der Waals surface area contributed by atoms with Gasteiger partial charge in [-0.15, -0.1) is 0 Å². The largest absolute Gasteiger partial charge is 0.415 e. The molecule has 0 spiro atoms. The van der Waals surface area contributed by atoms with Crippen molar-refractivity contribution in [1.82, 2.24) is 0 Å². The zero-order valence-electron chi connectivity index (χ0n) is 10.7. The molecule has 2 heteroatoms. The van der Waals surface area contributed by atoms with Crippen LogP contribution in [0.5, 0.6) is 0 Å². The molecule has 0 rings (SSSR count). The van der Waals surface area contributed by atoms with Gasteiger partial charge in [0, 0.05) is 6.10 Å². The predicted octanol–water partition coefficient (Wildman–Crippen LogP) is 4.59. The summed E-state index contributed by atoms with van der Waals surface area (Å²) in [7, 11) is -1.32. The van der Waals surface area contributed by atoms with E-state index in [1.807, 2.05) is 0 Å². The monoisotopic (exact) mass is 216 g/mol. The van der Waals surface area contributed by atoms with Crippen LogP contribution in [0.25, 0.3) is 0 Å². The first-order valence-electron chi connectivity index (χ1n) is 6.17. The molecule has 0 bridgehead atoms. The van der Waals surface area contributed by atoms with E-state index in [4.69, 9.17) is 4.43 Å². The van der Waals surface area contributed by atoms with Gasteiger partial charge in [-0.1, -0.05) is 39.5 Å². The van der Waals surface area contributed by atoms with Crippen LogP contribution in [-0.4, -0.2) is 14.4 Å². The summed E-state index contributed by atoms with van der Waals surface area (Å²) in [6.07, 6.45) is 8.29. The van der Waals surface area contributed by atoms with Crippen LogP contribution in [0.1, 0.15) is 52.4 Å². The third kappa shape index (κ3) is 8.76.